The number of nitrogens with one attached hydrogen (secondary N) is 1. The van der Waals surface area contributed by atoms with Crippen molar-refractivity contribution in [1.29, 1.82) is 5.26 Å². The number of benzene rings is 1. The van der Waals surface area contributed by atoms with Crippen molar-refractivity contribution in [1.82, 2.24) is 0 Å². The smallest absolute Gasteiger partial charge is 0.270 e. The number of nitro groups is 1. The van der Waals surface area contributed by atoms with E-state index in [1.54, 1.807) is 12.1 Å². The summed E-state index contributed by atoms with van der Waals surface area (Å²) in [5.74, 6) is 0.694. The van der Waals surface area contributed by atoms with Crippen molar-refractivity contribution < 1.29 is 9.34 Å². The SMILES string of the molecule is CC(Nc1ccc([N+](=O)[O-])cc1C#N)c1ccc(Br)o1. The first kappa shape index (κ1) is 14.1. The number of furan rings is 1. The molecule has 2 rings (SSSR count). The molecular formula is C13H10BrN3O3. The molecule has 0 spiro atoms. The molecule has 1 atom stereocenters. The molecule has 102 valence electrons. The van der Waals surface area contributed by atoms with Crippen LogP contribution in [-0.4, -0.2) is 4.92 Å². The Morgan fingerprint density at radius 2 is 2.20 bits per heavy atom. The van der Waals surface area contributed by atoms with E-state index in [4.69, 9.17) is 9.68 Å². The van der Waals surface area contributed by atoms with Crippen molar-refractivity contribution in [3.63, 3.8) is 0 Å². The van der Waals surface area contributed by atoms with Crippen molar-refractivity contribution in [2.45, 2.75) is 13.0 Å². The minimum Gasteiger partial charge on any atom is -0.452 e. The quantitative estimate of drug-likeness (QED) is 0.673. The van der Waals surface area contributed by atoms with Gasteiger partial charge in [0.05, 0.1) is 22.2 Å². The van der Waals surface area contributed by atoms with Crippen LogP contribution in [0.25, 0.3) is 0 Å². The zero-order valence-corrected chi connectivity index (χ0v) is 12.0. The summed E-state index contributed by atoms with van der Waals surface area (Å²) in [6.07, 6.45) is 0. The fourth-order valence-corrected chi connectivity index (χ4v) is 2.05. The number of non-ortho nitro benzene ring substituents is 1. The number of anilines is 1. The van der Waals surface area contributed by atoms with Gasteiger partial charge in [0.2, 0.25) is 0 Å². The van der Waals surface area contributed by atoms with Gasteiger partial charge in [0.1, 0.15) is 11.8 Å². The van der Waals surface area contributed by atoms with Crippen LogP contribution in [0.1, 0.15) is 24.3 Å². The van der Waals surface area contributed by atoms with E-state index in [0.717, 1.165) is 0 Å². The van der Waals surface area contributed by atoms with Crippen molar-refractivity contribution in [2.75, 3.05) is 5.32 Å². The molecule has 0 aliphatic carbocycles. The molecule has 1 N–H and O–H groups in total. The van der Waals surface area contributed by atoms with Gasteiger partial charge >= 0.3 is 0 Å². The summed E-state index contributed by atoms with van der Waals surface area (Å²) in [5.41, 5.74) is 0.635. The average molecular weight is 336 g/mol. The Bertz CT molecular complexity index is 690. The van der Waals surface area contributed by atoms with Gasteiger partial charge in [-0.05, 0) is 41.1 Å². The number of nitro benzene ring substituents is 1. The minimum atomic E-state index is -0.530. The van der Waals surface area contributed by atoms with Gasteiger partial charge < -0.3 is 9.73 Å². The number of hydrogen-bond acceptors (Lipinski definition) is 5. The molecule has 0 aliphatic heterocycles. The lowest BCUT2D eigenvalue weighted by Gasteiger charge is -2.13. The molecule has 1 aromatic heterocycles. The number of rotatable bonds is 4. The van der Waals surface area contributed by atoms with E-state index in [0.29, 0.717) is 16.1 Å². The number of hydrogen-bond donors (Lipinski definition) is 1. The first-order valence-corrected chi connectivity index (χ1v) is 6.51. The van der Waals surface area contributed by atoms with Crippen LogP contribution in [-0.2, 0) is 0 Å². The predicted molar refractivity (Wildman–Crippen MR) is 76.3 cm³/mol. The molecule has 0 fully saturated rings. The second-order valence-corrected chi connectivity index (χ2v) is 4.89. The zero-order valence-electron chi connectivity index (χ0n) is 10.5. The summed E-state index contributed by atoms with van der Waals surface area (Å²) in [6, 6.07) is 9.47. The van der Waals surface area contributed by atoms with Gasteiger partial charge in [-0.15, -0.1) is 0 Å². The molecule has 0 saturated heterocycles. The fraction of sp³-hybridized carbons (Fsp3) is 0.154. The van der Waals surface area contributed by atoms with Crippen molar-refractivity contribution in [3.8, 4) is 6.07 Å². The molecule has 1 heterocycles. The minimum absolute atomic E-state index is 0.111. The molecule has 20 heavy (non-hydrogen) atoms. The fourth-order valence-electron chi connectivity index (χ4n) is 1.73. The van der Waals surface area contributed by atoms with Gasteiger partial charge in [-0.25, -0.2) is 0 Å². The van der Waals surface area contributed by atoms with Crippen LogP contribution in [0.5, 0.6) is 0 Å². The monoisotopic (exact) mass is 335 g/mol. The molecule has 0 bridgehead atoms. The van der Waals surface area contributed by atoms with E-state index in [9.17, 15) is 10.1 Å². The summed E-state index contributed by atoms with van der Waals surface area (Å²) in [7, 11) is 0. The van der Waals surface area contributed by atoms with Crippen LogP contribution >= 0.6 is 15.9 Å². The summed E-state index contributed by atoms with van der Waals surface area (Å²) in [4.78, 5) is 10.2. The van der Waals surface area contributed by atoms with Gasteiger partial charge in [0.15, 0.2) is 4.67 Å². The molecule has 1 aromatic carbocycles. The van der Waals surface area contributed by atoms with Crippen molar-refractivity contribution in [3.05, 3.63) is 56.4 Å². The lowest BCUT2D eigenvalue weighted by molar-refractivity contribution is -0.384. The standard InChI is InChI=1S/C13H10BrN3O3/c1-8(12-4-5-13(14)20-12)16-11-3-2-10(17(18)19)6-9(11)7-15/h2-6,8,16H,1H3. The molecule has 7 heteroatoms. The number of nitriles is 1. The third kappa shape index (κ3) is 2.97. The van der Waals surface area contributed by atoms with E-state index in [1.165, 1.54) is 18.2 Å². The van der Waals surface area contributed by atoms with E-state index in [2.05, 4.69) is 21.2 Å². The Kier molecular flexibility index (Phi) is 4.05. The first-order valence-electron chi connectivity index (χ1n) is 5.71. The second kappa shape index (κ2) is 5.75. The Morgan fingerprint density at radius 1 is 1.45 bits per heavy atom. The maximum Gasteiger partial charge on any atom is 0.270 e. The molecule has 0 amide bonds. The Hall–Kier alpha value is -2.33. The van der Waals surface area contributed by atoms with Crippen LogP contribution in [0.4, 0.5) is 11.4 Å². The van der Waals surface area contributed by atoms with Gasteiger partial charge in [0, 0.05) is 12.1 Å². The highest BCUT2D eigenvalue weighted by atomic mass is 79.9. The third-order valence-corrected chi connectivity index (χ3v) is 3.15. The molecule has 2 aromatic rings. The van der Waals surface area contributed by atoms with Crippen molar-refractivity contribution >= 4 is 27.3 Å². The third-order valence-electron chi connectivity index (χ3n) is 2.73. The van der Waals surface area contributed by atoms with Crippen LogP contribution in [0.15, 0.2) is 39.4 Å². The van der Waals surface area contributed by atoms with E-state index >= 15 is 0 Å². The number of nitrogens with zero attached hydrogens (tertiary/aromatic N) is 2. The average Bonchev–Trinajstić information content (AvgIpc) is 2.85. The largest absolute Gasteiger partial charge is 0.452 e. The highest BCUT2D eigenvalue weighted by Gasteiger charge is 2.14. The molecule has 0 saturated carbocycles. The molecule has 0 radical (unpaired) electrons. The van der Waals surface area contributed by atoms with E-state index in [1.807, 2.05) is 13.0 Å². The number of halogens is 1. The highest BCUT2D eigenvalue weighted by molar-refractivity contribution is 9.10. The van der Waals surface area contributed by atoms with Gasteiger partial charge in [0.25, 0.3) is 5.69 Å². The summed E-state index contributed by atoms with van der Waals surface area (Å²) in [5, 5.41) is 22.8. The molecule has 1 unspecified atom stereocenters. The lowest BCUT2D eigenvalue weighted by atomic mass is 10.1. The predicted octanol–water partition coefficient (Wildman–Crippen LogP) is 4.00. The zero-order chi connectivity index (χ0) is 14.7. The normalized spacial score (nSPS) is 11.7. The lowest BCUT2D eigenvalue weighted by Crippen LogP contribution is -2.07. The Balaban J connectivity index is 2.25. The van der Waals surface area contributed by atoms with Gasteiger partial charge in [-0.1, -0.05) is 0 Å². The van der Waals surface area contributed by atoms with Crippen LogP contribution < -0.4 is 5.32 Å². The molecule has 0 aliphatic rings. The van der Waals surface area contributed by atoms with Crippen LogP contribution in [0.3, 0.4) is 0 Å². The summed E-state index contributed by atoms with van der Waals surface area (Å²) >= 11 is 3.22. The summed E-state index contributed by atoms with van der Waals surface area (Å²) in [6.45, 7) is 1.87. The molecular weight excluding hydrogens is 326 g/mol. The van der Waals surface area contributed by atoms with Crippen LogP contribution in [0, 0.1) is 21.4 Å². The Labute approximate surface area is 123 Å². The second-order valence-electron chi connectivity index (χ2n) is 4.11. The maximum atomic E-state index is 10.7. The maximum absolute atomic E-state index is 10.7. The Morgan fingerprint density at radius 3 is 2.75 bits per heavy atom. The van der Waals surface area contributed by atoms with E-state index < -0.39 is 4.92 Å². The van der Waals surface area contributed by atoms with Crippen molar-refractivity contribution in [2.24, 2.45) is 0 Å². The van der Waals surface area contributed by atoms with Crippen LogP contribution in [0.2, 0.25) is 0 Å². The van der Waals surface area contributed by atoms with Gasteiger partial charge in [-0.2, -0.15) is 5.26 Å². The highest BCUT2D eigenvalue weighted by Crippen LogP contribution is 2.27. The molecule has 6 nitrogen and oxygen atoms in total. The first-order chi connectivity index (χ1) is 9.51. The van der Waals surface area contributed by atoms with Gasteiger partial charge in [-0.3, -0.25) is 10.1 Å². The van der Waals surface area contributed by atoms with E-state index in [-0.39, 0.29) is 17.3 Å². The topological polar surface area (TPSA) is 92.1 Å². The summed E-state index contributed by atoms with van der Waals surface area (Å²) < 4.78 is 6.03.